The van der Waals surface area contributed by atoms with Gasteiger partial charge in [0.2, 0.25) is 0 Å². The molecule has 8 heteroatoms. The molecule has 0 spiro atoms. The van der Waals surface area contributed by atoms with E-state index in [1.807, 2.05) is 0 Å². The van der Waals surface area contributed by atoms with E-state index in [0.717, 1.165) is 0 Å². The van der Waals surface area contributed by atoms with E-state index < -0.39 is 35.8 Å². The summed E-state index contributed by atoms with van der Waals surface area (Å²) in [5.74, 6) is -4.79. The molecule has 26 heavy (non-hydrogen) atoms. The highest BCUT2D eigenvalue weighted by atomic mass is 35.5. The zero-order valence-corrected chi connectivity index (χ0v) is 15.8. The molecule has 2 N–H and O–H groups in total. The monoisotopic (exact) mass is 385 g/mol. The number of nitrogens with two attached hydrogens (primary N) is 1. The zero-order chi connectivity index (χ0) is 19.7. The van der Waals surface area contributed by atoms with Crippen molar-refractivity contribution in [1.29, 1.82) is 0 Å². The third-order valence-corrected chi connectivity index (χ3v) is 3.89. The topological polar surface area (TPSA) is 105 Å². The van der Waals surface area contributed by atoms with Crippen LogP contribution in [0, 0.1) is 5.92 Å². The maximum absolute atomic E-state index is 12.5. The molecule has 0 aliphatic rings. The largest absolute Gasteiger partial charge is 0.465 e. The second-order valence-corrected chi connectivity index (χ2v) is 5.77. The lowest BCUT2D eigenvalue weighted by Gasteiger charge is -2.28. The number of benzene rings is 1. The average Bonchev–Trinajstić information content (AvgIpc) is 2.60. The van der Waals surface area contributed by atoms with E-state index in [-0.39, 0.29) is 19.8 Å². The Morgan fingerprint density at radius 2 is 1.31 bits per heavy atom. The highest BCUT2D eigenvalue weighted by Gasteiger charge is 2.44. The number of ether oxygens (including phenoxy) is 3. The highest BCUT2D eigenvalue weighted by molar-refractivity contribution is 6.30. The van der Waals surface area contributed by atoms with Gasteiger partial charge < -0.3 is 19.9 Å². The average molecular weight is 386 g/mol. The summed E-state index contributed by atoms with van der Waals surface area (Å²) in [6.45, 7) is 5.11. The summed E-state index contributed by atoms with van der Waals surface area (Å²) in [7, 11) is 0. The van der Waals surface area contributed by atoms with E-state index in [4.69, 9.17) is 31.5 Å². The van der Waals surface area contributed by atoms with E-state index in [1.165, 1.54) is 0 Å². The molecule has 1 rings (SSSR count). The van der Waals surface area contributed by atoms with Crippen molar-refractivity contribution >= 4 is 29.5 Å². The van der Waals surface area contributed by atoms with Crippen LogP contribution in [0.5, 0.6) is 0 Å². The molecule has 144 valence electrons. The fourth-order valence-corrected chi connectivity index (χ4v) is 2.66. The van der Waals surface area contributed by atoms with Crippen LogP contribution in [0.2, 0.25) is 5.02 Å². The molecular formula is C18H24ClNO6. The summed E-state index contributed by atoms with van der Waals surface area (Å²) in [6.07, 6.45) is 0. The molecule has 0 saturated heterocycles. The molecule has 0 aromatic heterocycles. The van der Waals surface area contributed by atoms with Crippen molar-refractivity contribution in [1.82, 2.24) is 0 Å². The molecule has 0 aliphatic carbocycles. The van der Waals surface area contributed by atoms with Gasteiger partial charge in [0.05, 0.1) is 19.8 Å². The predicted octanol–water partition coefficient (Wildman–Crippen LogP) is 2.06. The Kier molecular flexibility index (Phi) is 9.09. The fourth-order valence-electron chi connectivity index (χ4n) is 2.53. The molecule has 1 aromatic rings. The Bertz CT molecular complexity index is 601. The molecule has 0 heterocycles. The molecular weight excluding hydrogens is 362 g/mol. The van der Waals surface area contributed by atoms with Crippen LogP contribution in [-0.2, 0) is 28.6 Å². The minimum Gasteiger partial charge on any atom is -0.465 e. The number of hydrogen-bond acceptors (Lipinski definition) is 7. The van der Waals surface area contributed by atoms with Crippen molar-refractivity contribution in [2.75, 3.05) is 19.8 Å². The van der Waals surface area contributed by atoms with Gasteiger partial charge in [-0.3, -0.25) is 14.4 Å². The van der Waals surface area contributed by atoms with Gasteiger partial charge in [-0.05, 0) is 38.5 Å². The number of carbonyl (C=O) groups excluding carboxylic acids is 3. The van der Waals surface area contributed by atoms with E-state index in [9.17, 15) is 14.4 Å². The number of esters is 3. The quantitative estimate of drug-likeness (QED) is 0.394. The summed E-state index contributed by atoms with van der Waals surface area (Å²) < 4.78 is 15.0. The Balaban J connectivity index is 3.40. The van der Waals surface area contributed by atoms with Crippen LogP contribution >= 0.6 is 11.6 Å². The molecule has 1 aromatic carbocycles. The van der Waals surface area contributed by atoms with Crippen LogP contribution in [0.3, 0.4) is 0 Å². The van der Waals surface area contributed by atoms with E-state index >= 15 is 0 Å². The summed E-state index contributed by atoms with van der Waals surface area (Å²) in [5, 5.41) is 0.459. The fraction of sp³-hybridized carbons (Fsp3) is 0.500. The van der Waals surface area contributed by atoms with E-state index in [0.29, 0.717) is 10.6 Å². The Morgan fingerprint density at radius 1 is 0.885 bits per heavy atom. The van der Waals surface area contributed by atoms with Crippen LogP contribution in [-0.4, -0.2) is 43.8 Å². The van der Waals surface area contributed by atoms with Crippen molar-refractivity contribution in [3.63, 3.8) is 0 Å². The van der Waals surface area contributed by atoms with Crippen LogP contribution < -0.4 is 5.73 Å². The second kappa shape index (κ2) is 10.8. The number of rotatable bonds is 9. The zero-order valence-electron chi connectivity index (χ0n) is 15.1. The summed E-state index contributed by atoms with van der Waals surface area (Å²) >= 11 is 5.91. The van der Waals surface area contributed by atoms with Crippen LogP contribution in [0.4, 0.5) is 0 Å². The third kappa shape index (κ3) is 5.71. The number of carbonyl (C=O) groups is 3. The van der Waals surface area contributed by atoms with Crippen molar-refractivity contribution in [2.45, 2.75) is 32.7 Å². The minimum absolute atomic E-state index is 0.0662. The summed E-state index contributed by atoms with van der Waals surface area (Å²) in [5.41, 5.74) is 6.54. The van der Waals surface area contributed by atoms with Crippen LogP contribution in [0.25, 0.3) is 0 Å². The molecule has 0 aliphatic heterocycles. The van der Waals surface area contributed by atoms with Gasteiger partial charge in [0, 0.05) is 10.9 Å². The molecule has 0 bridgehead atoms. The third-order valence-electron chi connectivity index (χ3n) is 3.64. The Labute approximate surface area is 157 Å². The van der Waals surface area contributed by atoms with Crippen molar-refractivity contribution in [3.05, 3.63) is 34.9 Å². The maximum atomic E-state index is 12.5. The summed E-state index contributed by atoms with van der Waals surface area (Å²) in [4.78, 5) is 37.2. The van der Waals surface area contributed by atoms with Gasteiger partial charge in [0.1, 0.15) is 6.04 Å². The first-order valence-electron chi connectivity index (χ1n) is 8.38. The molecule has 0 radical (unpaired) electrons. The lowest BCUT2D eigenvalue weighted by molar-refractivity contribution is -0.163. The number of hydrogen-bond donors (Lipinski definition) is 1. The van der Waals surface area contributed by atoms with Crippen molar-refractivity contribution in [2.24, 2.45) is 11.7 Å². The van der Waals surface area contributed by atoms with E-state index in [2.05, 4.69) is 0 Å². The smallest absolute Gasteiger partial charge is 0.323 e. The standard InChI is InChI=1S/C18H24ClNO6/c1-4-24-16(21)14(17(22)25-5-2)13(15(20)18(23)26-6-3)11-7-9-12(19)10-8-11/h7-10,13-15H,4-6,20H2,1-3H3. The van der Waals surface area contributed by atoms with Gasteiger partial charge in [-0.25, -0.2) is 0 Å². The Morgan fingerprint density at radius 3 is 1.73 bits per heavy atom. The summed E-state index contributed by atoms with van der Waals surface area (Å²) in [6, 6.07) is 5.08. The molecule has 2 atom stereocenters. The lowest BCUT2D eigenvalue weighted by atomic mass is 9.80. The molecule has 0 amide bonds. The molecule has 7 nitrogen and oxygen atoms in total. The van der Waals surface area contributed by atoms with Crippen LogP contribution in [0.1, 0.15) is 32.3 Å². The van der Waals surface area contributed by atoms with Gasteiger partial charge in [-0.15, -0.1) is 0 Å². The van der Waals surface area contributed by atoms with Crippen LogP contribution in [0.15, 0.2) is 24.3 Å². The normalized spacial score (nSPS) is 13.0. The molecule has 0 fully saturated rings. The van der Waals surface area contributed by atoms with E-state index in [1.54, 1.807) is 45.0 Å². The van der Waals surface area contributed by atoms with Gasteiger partial charge >= 0.3 is 17.9 Å². The first-order chi connectivity index (χ1) is 12.4. The lowest BCUT2D eigenvalue weighted by Crippen LogP contribution is -2.46. The minimum atomic E-state index is -1.41. The molecule has 0 saturated carbocycles. The van der Waals surface area contributed by atoms with Gasteiger partial charge in [-0.1, -0.05) is 23.7 Å². The SMILES string of the molecule is CCOC(=O)C(N)C(c1ccc(Cl)cc1)C(C(=O)OCC)C(=O)OCC. The van der Waals surface area contributed by atoms with Gasteiger partial charge in [0.25, 0.3) is 0 Å². The first kappa shape index (κ1) is 21.9. The van der Waals surface area contributed by atoms with Gasteiger partial charge in [0.15, 0.2) is 5.92 Å². The highest BCUT2D eigenvalue weighted by Crippen LogP contribution is 2.31. The predicted molar refractivity (Wildman–Crippen MR) is 95.6 cm³/mol. The molecule has 2 unspecified atom stereocenters. The van der Waals surface area contributed by atoms with Crippen molar-refractivity contribution in [3.8, 4) is 0 Å². The van der Waals surface area contributed by atoms with Gasteiger partial charge in [-0.2, -0.15) is 0 Å². The van der Waals surface area contributed by atoms with Crippen molar-refractivity contribution < 1.29 is 28.6 Å². The maximum Gasteiger partial charge on any atom is 0.323 e. The first-order valence-corrected chi connectivity index (χ1v) is 8.76. The Hall–Kier alpha value is -2.12. The second-order valence-electron chi connectivity index (χ2n) is 5.34. The number of halogens is 1.